The molecule has 19 heavy (non-hydrogen) atoms. The highest BCUT2D eigenvalue weighted by Crippen LogP contribution is 2.16. The number of aryl methyl sites for hydroxylation is 1. The summed E-state index contributed by atoms with van der Waals surface area (Å²) >= 11 is 0. The number of benzene rings is 1. The van der Waals surface area contributed by atoms with E-state index in [1.807, 2.05) is 0 Å². The molecule has 98 valence electrons. The number of nitrogens with two attached hydrogens (primary N) is 1. The van der Waals surface area contributed by atoms with Gasteiger partial charge in [0.2, 0.25) is 0 Å². The number of nitrogens with zero attached hydrogens (tertiary/aromatic N) is 2. The summed E-state index contributed by atoms with van der Waals surface area (Å²) in [6, 6.07) is 4.10. The lowest BCUT2D eigenvalue weighted by atomic mass is 10.2. The maximum absolute atomic E-state index is 12.9. The molecular weight excluding hydrogens is 249 g/mol. The van der Waals surface area contributed by atoms with Gasteiger partial charge in [0, 0.05) is 5.69 Å². The van der Waals surface area contributed by atoms with Crippen molar-refractivity contribution >= 4 is 17.4 Å². The number of hydrazine groups is 1. The van der Waals surface area contributed by atoms with Crippen molar-refractivity contribution in [1.29, 1.82) is 0 Å². The first-order valence-corrected chi connectivity index (χ1v) is 5.46. The molecule has 0 saturated carbocycles. The van der Waals surface area contributed by atoms with Crippen LogP contribution in [-0.2, 0) is 0 Å². The SMILES string of the molecule is Cc1cc(F)ccc1NC(=O)c1cnc(NN)cn1. The predicted molar refractivity (Wildman–Crippen MR) is 68.9 cm³/mol. The molecule has 0 aliphatic rings. The molecule has 1 aromatic heterocycles. The molecular formula is C12H12FN5O. The van der Waals surface area contributed by atoms with Gasteiger partial charge in [-0.15, -0.1) is 0 Å². The lowest BCUT2D eigenvalue weighted by Crippen LogP contribution is -2.16. The van der Waals surface area contributed by atoms with Crippen molar-refractivity contribution < 1.29 is 9.18 Å². The van der Waals surface area contributed by atoms with E-state index in [9.17, 15) is 9.18 Å². The Labute approximate surface area is 108 Å². The zero-order valence-corrected chi connectivity index (χ0v) is 10.1. The van der Waals surface area contributed by atoms with Crippen LogP contribution in [0.3, 0.4) is 0 Å². The van der Waals surface area contributed by atoms with E-state index in [1.54, 1.807) is 6.92 Å². The predicted octanol–water partition coefficient (Wildman–Crippen LogP) is 1.46. The average molecular weight is 261 g/mol. The van der Waals surface area contributed by atoms with Crippen LogP contribution in [0.1, 0.15) is 16.1 Å². The number of carbonyl (C=O) groups is 1. The number of carbonyl (C=O) groups excluding carboxylic acids is 1. The number of hydrogen-bond acceptors (Lipinski definition) is 5. The van der Waals surface area contributed by atoms with Crippen LogP contribution in [0.5, 0.6) is 0 Å². The molecule has 0 radical (unpaired) electrons. The van der Waals surface area contributed by atoms with Gasteiger partial charge in [-0.1, -0.05) is 0 Å². The smallest absolute Gasteiger partial charge is 0.275 e. The lowest BCUT2D eigenvalue weighted by molar-refractivity contribution is 0.102. The molecule has 7 heteroatoms. The Bertz CT molecular complexity index is 600. The van der Waals surface area contributed by atoms with Crippen molar-refractivity contribution in [1.82, 2.24) is 9.97 Å². The van der Waals surface area contributed by atoms with Crippen molar-refractivity contribution in [2.45, 2.75) is 6.92 Å². The molecule has 2 aromatic rings. The van der Waals surface area contributed by atoms with Crippen molar-refractivity contribution in [2.24, 2.45) is 5.84 Å². The summed E-state index contributed by atoms with van der Waals surface area (Å²) in [6.45, 7) is 1.70. The molecule has 0 spiro atoms. The topological polar surface area (TPSA) is 92.9 Å². The van der Waals surface area contributed by atoms with E-state index in [2.05, 4.69) is 20.7 Å². The summed E-state index contributed by atoms with van der Waals surface area (Å²) in [5.74, 6) is 4.72. The Morgan fingerprint density at radius 3 is 2.68 bits per heavy atom. The summed E-state index contributed by atoms with van der Waals surface area (Å²) in [5.41, 5.74) is 3.60. The molecule has 0 unspecified atom stereocenters. The van der Waals surface area contributed by atoms with E-state index in [0.29, 0.717) is 17.1 Å². The van der Waals surface area contributed by atoms with Crippen molar-refractivity contribution in [3.63, 3.8) is 0 Å². The van der Waals surface area contributed by atoms with Crippen LogP contribution in [0.25, 0.3) is 0 Å². The van der Waals surface area contributed by atoms with Gasteiger partial charge < -0.3 is 10.7 Å². The summed E-state index contributed by atoms with van der Waals surface area (Å²) < 4.78 is 12.9. The van der Waals surface area contributed by atoms with E-state index < -0.39 is 5.91 Å². The first-order valence-electron chi connectivity index (χ1n) is 5.46. The van der Waals surface area contributed by atoms with E-state index in [0.717, 1.165) is 0 Å². The molecule has 4 N–H and O–H groups in total. The van der Waals surface area contributed by atoms with Gasteiger partial charge in [0.25, 0.3) is 5.91 Å². The molecule has 1 aromatic carbocycles. The fourth-order valence-corrected chi connectivity index (χ4v) is 1.47. The highest BCUT2D eigenvalue weighted by molar-refractivity contribution is 6.03. The molecule has 0 aliphatic carbocycles. The fraction of sp³-hybridized carbons (Fsp3) is 0.0833. The Morgan fingerprint density at radius 2 is 2.11 bits per heavy atom. The van der Waals surface area contributed by atoms with Crippen molar-refractivity contribution in [3.05, 3.63) is 47.7 Å². The highest BCUT2D eigenvalue weighted by atomic mass is 19.1. The van der Waals surface area contributed by atoms with E-state index in [1.165, 1.54) is 30.6 Å². The third-order valence-corrected chi connectivity index (χ3v) is 2.47. The van der Waals surface area contributed by atoms with E-state index in [4.69, 9.17) is 5.84 Å². The van der Waals surface area contributed by atoms with Gasteiger partial charge in [0.05, 0.1) is 12.4 Å². The van der Waals surface area contributed by atoms with Gasteiger partial charge in [0.15, 0.2) is 5.82 Å². The number of aromatic nitrogens is 2. The normalized spacial score (nSPS) is 10.1. The number of nitrogen functional groups attached to an aromatic ring is 1. The zero-order valence-electron chi connectivity index (χ0n) is 10.1. The Hall–Kier alpha value is -2.54. The van der Waals surface area contributed by atoms with Crippen LogP contribution in [0, 0.1) is 12.7 Å². The Kier molecular flexibility index (Phi) is 3.67. The molecule has 1 amide bonds. The van der Waals surface area contributed by atoms with Crippen LogP contribution in [0.15, 0.2) is 30.6 Å². The van der Waals surface area contributed by atoms with Crippen molar-refractivity contribution in [3.8, 4) is 0 Å². The van der Waals surface area contributed by atoms with Crippen LogP contribution < -0.4 is 16.6 Å². The number of amides is 1. The maximum Gasteiger partial charge on any atom is 0.275 e. The lowest BCUT2D eigenvalue weighted by Gasteiger charge is -2.08. The van der Waals surface area contributed by atoms with Gasteiger partial charge in [-0.05, 0) is 30.7 Å². The van der Waals surface area contributed by atoms with Crippen LogP contribution in [0.2, 0.25) is 0 Å². The fourth-order valence-electron chi connectivity index (χ4n) is 1.47. The number of rotatable bonds is 3. The number of hydrogen-bond donors (Lipinski definition) is 3. The second kappa shape index (κ2) is 5.40. The molecule has 0 fully saturated rings. The van der Waals surface area contributed by atoms with Gasteiger partial charge >= 0.3 is 0 Å². The minimum absolute atomic E-state index is 0.141. The highest BCUT2D eigenvalue weighted by Gasteiger charge is 2.10. The van der Waals surface area contributed by atoms with E-state index >= 15 is 0 Å². The first kappa shape index (κ1) is 12.9. The summed E-state index contributed by atoms with van der Waals surface area (Å²) in [4.78, 5) is 19.7. The minimum atomic E-state index is -0.425. The van der Waals surface area contributed by atoms with E-state index in [-0.39, 0.29) is 11.5 Å². The molecule has 0 atom stereocenters. The number of halogens is 1. The monoisotopic (exact) mass is 261 g/mol. The molecule has 6 nitrogen and oxygen atoms in total. The second-order valence-corrected chi connectivity index (χ2v) is 3.84. The molecule has 0 bridgehead atoms. The van der Waals surface area contributed by atoms with Gasteiger partial charge in [0.1, 0.15) is 11.5 Å². The van der Waals surface area contributed by atoms with Crippen LogP contribution >= 0.6 is 0 Å². The second-order valence-electron chi connectivity index (χ2n) is 3.84. The molecule has 0 aliphatic heterocycles. The van der Waals surface area contributed by atoms with Gasteiger partial charge in [-0.25, -0.2) is 20.2 Å². The third-order valence-electron chi connectivity index (χ3n) is 2.47. The van der Waals surface area contributed by atoms with Crippen LogP contribution in [0.4, 0.5) is 15.9 Å². The summed E-state index contributed by atoms with van der Waals surface area (Å²) in [6.07, 6.45) is 2.63. The van der Waals surface area contributed by atoms with Gasteiger partial charge in [-0.3, -0.25) is 4.79 Å². The maximum atomic E-state index is 12.9. The molecule has 2 rings (SSSR count). The molecule has 1 heterocycles. The third kappa shape index (κ3) is 3.02. The number of nitrogens with one attached hydrogen (secondary N) is 2. The zero-order chi connectivity index (χ0) is 13.8. The Morgan fingerprint density at radius 1 is 1.32 bits per heavy atom. The van der Waals surface area contributed by atoms with Crippen LogP contribution in [-0.4, -0.2) is 15.9 Å². The standard InChI is InChI=1S/C12H12FN5O/c1-7-4-8(13)2-3-9(7)17-12(19)10-5-16-11(18-14)6-15-10/h2-6H,14H2,1H3,(H,16,18)(H,17,19). The first-order chi connectivity index (χ1) is 9.10. The summed E-state index contributed by atoms with van der Waals surface area (Å²) in [7, 11) is 0. The van der Waals surface area contributed by atoms with Crippen molar-refractivity contribution in [2.75, 3.05) is 10.7 Å². The van der Waals surface area contributed by atoms with Gasteiger partial charge in [-0.2, -0.15) is 0 Å². The quantitative estimate of drug-likeness (QED) is 0.574. The Balaban J connectivity index is 2.15. The summed E-state index contributed by atoms with van der Waals surface area (Å²) in [5, 5.41) is 2.63. The number of anilines is 2. The largest absolute Gasteiger partial charge is 0.320 e. The molecule has 0 saturated heterocycles. The average Bonchev–Trinajstić information content (AvgIpc) is 2.42. The minimum Gasteiger partial charge on any atom is -0.320 e.